The molecular formula is C19H20FNO3S. The highest BCUT2D eigenvalue weighted by molar-refractivity contribution is 7.09. The first-order chi connectivity index (χ1) is 12.2. The lowest BCUT2D eigenvalue weighted by atomic mass is 10.3. The lowest BCUT2D eigenvalue weighted by molar-refractivity contribution is 0.0596. The van der Waals surface area contributed by atoms with Crippen LogP contribution in [0.5, 0.6) is 5.75 Å². The number of aliphatic hydroxyl groups excluding tert-OH is 1. The van der Waals surface area contributed by atoms with E-state index in [1.165, 1.54) is 10.9 Å². The van der Waals surface area contributed by atoms with Gasteiger partial charge in [0, 0.05) is 18.0 Å². The molecule has 132 valence electrons. The molecule has 2 heterocycles. The number of furan rings is 1. The Morgan fingerprint density at radius 2 is 2.00 bits per heavy atom. The fourth-order valence-electron chi connectivity index (χ4n) is 2.53. The molecule has 0 amide bonds. The Balaban J connectivity index is 1.57. The Labute approximate surface area is 150 Å². The monoisotopic (exact) mass is 361 g/mol. The van der Waals surface area contributed by atoms with Gasteiger partial charge in [-0.3, -0.25) is 4.90 Å². The van der Waals surface area contributed by atoms with E-state index in [0.29, 0.717) is 19.6 Å². The normalized spacial score (nSPS) is 12.4. The van der Waals surface area contributed by atoms with Crippen LogP contribution in [0.1, 0.15) is 10.6 Å². The van der Waals surface area contributed by atoms with E-state index in [1.807, 2.05) is 23.6 Å². The molecule has 25 heavy (non-hydrogen) atoms. The molecule has 1 atom stereocenters. The summed E-state index contributed by atoms with van der Waals surface area (Å²) < 4.78 is 24.4. The Morgan fingerprint density at radius 3 is 2.72 bits per heavy atom. The van der Waals surface area contributed by atoms with Gasteiger partial charge >= 0.3 is 0 Å². The van der Waals surface area contributed by atoms with E-state index >= 15 is 0 Å². The van der Waals surface area contributed by atoms with Crippen LogP contribution in [-0.4, -0.2) is 29.3 Å². The van der Waals surface area contributed by atoms with E-state index in [1.54, 1.807) is 35.8 Å². The van der Waals surface area contributed by atoms with Gasteiger partial charge in [0.1, 0.15) is 18.5 Å². The smallest absolute Gasteiger partial charge is 0.165 e. The number of nitrogens with zero attached hydrogens (tertiary/aromatic N) is 1. The van der Waals surface area contributed by atoms with Crippen LogP contribution in [0, 0.1) is 5.82 Å². The van der Waals surface area contributed by atoms with E-state index < -0.39 is 11.9 Å². The minimum absolute atomic E-state index is 0.0278. The van der Waals surface area contributed by atoms with Crippen LogP contribution in [0.2, 0.25) is 0 Å². The summed E-state index contributed by atoms with van der Waals surface area (Å²) in [5.74, 6) is 0.553. The van der Waals surface area contributed by atoms with Gasteiger partial charge in [-0.15, -0.1) is 11.3 Å². The van der Waals surface area contributed by atoms with Crippen molar-refractivity contribution in [2.45, 2.75) is 19.2 Å². The van der Waals surface area contributed by atoms with Crippen molar-refractivity contribution in [3.8, 4) is 5.75 Å². The third-order valence-corrected chi connectivity index (χ3v) is 4.52. The van der Waals surface area contributed by atoms with Crippen LogP contribution < -0.4 is 4.74 Å². The van der Waals surface area contributed by atoms with Crippen LogP contribution in [-0.2, 0) is 13.1 Å². The average molecular weight is 361 g/mol. The SMILES string of the molecule is OC(COc1ccccc1F)CN(Cc1ccco1)Cc1cccs1. The molecular weight excluding hydrogens is 341 g/mol. The largest absolute Gasteiger partial charge is 0.488 e. The predicted octanol–water partition coefficient (Wildman–Crippen LogP) is 3.92. The second-order valence-electron chi connectivity index (χ2n) is 5.72. The van der Waals surface area contributed by atoms with Crippen molar-refractivity contribution in [2.24, 2.45) is 0 Å². The second kappa shape index (κ2) is 8.80. The third-order valence-electron chi connectivity index (χ3n) is 3.66. The van der Waals surface area contributed by atoms with Crippen molar-refractivity contribution >= 4 is 11.3 Å². The number of ether oxygens (including phenoxy) is 1. The highest BCUT2D eigenvalue weighted by atomic mass is 32.1. The molecule has 2 aromatic heterocycles. The number of benzene rings is 1. The molecule has 0 aliphatic rings. The lowest BCUT2D eigenvalue weighted by Crippen LogP contribution is -2.34. The fourth-order valence-corrected chi connectivity index (χ4v) is 3.28. The summed E-state index contributed by atoms with van der Waals surface area (Å²) in [6.45, 7) is 1.71. The maximum Gasteiger partial charge on any atom is 0.165 e. The molecule has 0 fully saturated rings. The van der Waals surface area contributed by atoms with Gasteiger partial charge in [0.05, 0.1) is 12.8 Å². The standard InChI is InChI=1S/C19H20FNO3S/c20-18-7-1-2-8-19(18)24-14-15(22)11-21(12-16-5-3-9-23-16)13-17-6-4-10-25-17/h1-10,15,22H,11-14H2. The van der Waals surface area contributed by atoms with Crippen LogP contribution >= 0.6 is 11.3 Å². The molecule has 1 unspecified atom stereocenters. The summed E-state index contributed by atoms with van der Waals surface area (Å²) in [5.41, 5.74) is 0. The highest BCUT2D eigenvalue weighted by Gasteiger charge is 2.16. The van der Waals surface area contributed by atoms with Crippen LogP contribution in [0.3, 0.4) is 0 Å². The topological polar surface area (TPSA) is 45.8 Å². The number of halogens is 1. The van der Waals surface area contributed by atoms with Gasteiger partial charge in [0.15, 0.2) is 11.6 Å². The zero-order valence-electron chi connectivity index (χ0n) is 13.7. The van der Waals surface area contributed by atoms with Crippen LogP contribution in [0.25, 0.3) is 0 Å². The molecule has 0 radical (unpaired) electrons. The molecule has 1 aromatic carbocycles. The average Bonchev–Trinajstić information content (AvgIpc) is 3.28. The van der Waals surface area contributed by atoms with E-state index in [0.717, 1.165) is 5.76 Å². The maximum atomic E-state index is 13.6. The minimum atomic E-state index is -0.741. The summed E-state index contributed by atoms with van der Waals surface area (Å²) in [6, 6.07) is 14.0. The van der Waals surface area contributed by atoms with Crippen molar-refractivity contribution in [3.63, 3.8) is 0 Å². The second-order valence-corrected chi connectivity index (χ2v) is 6.76. The summed E-state index contributed by atoms with van der Waals surface area (Å²) in [7, 11) is 0. The number of thiophene rings is 1. The highest BCUT2D eigenvalue weighted by Crippen LogP contribution is 2.17. The van der Waals surface area contributed by atoms with Gasteiger partial charge in [-0.05, 0) is 35.7 Å². The number of aliphatic hydroxyl groups is 1. The van der Waals surface area contributed by atoms with Gasteiger partial charge in [-0.1, -0.05) is 18.2 Å². The Morgan fingerprint density at radius 1 is 1.12 bits per heavy atom. The molecule has 0 saturated heterocycles. The molecule has 0 bridgehead atoms. The van der Waals surface area contributed by atoms with Crippen molar-refractivity contribution in [2.75, 3.05) is 13.2 Å². The van der Waals surface area contributed by atoms with Crippen molar-refractivity contribution in [3.05, 3.63) is 76.6 Å². The van der Waals surface area contributed by atoms with E-state index in [4.69, 9.17) is 9.15 Å². The predicted molar refractivity (Wildman–Crippen MR) is 95.0 cm³/mol. The van der Waals surface area contributed by atoms with E-state index in [2.05, 4.69) is 11.0 Å². The quantitative estimate of drug-likeness (QED) is 0.627. The van der Waals surface area contributed by atoms with Crippen molar-refractivity contribution < 1.29 is 18.7 Å². The maximum absolute atomic E-state index is 13.6. The summed E-state index contributed by atoms with van der Waals surface area (Å²) >= 11 is 1.67. The number of para-hydroxylation sites is 1. The number of rotatable bonds is 9. The van der Waals surface area contributed by atoms with Crippen LogP contribution in [0.4, 0.5) is 4.39 Å². The number of hydrogen-bond donors (Lipinski definition) is 1. The molecule has 3 aromatic rings. The molecule has 0 saturated carbocycles. The first-order valence-corrected chi connectivity index (χ1v) is 8.91. The third kappa shape index (κ3) is 5.42. The first kappa shape index (κ1) is 17.7. The molecule has 6 heteroatoms. The fraction of sp³-hybridized carbons (Fsp3) is 0.263. The molecule has 0 aliphatic heterocycles. The summed E-state index contributed by atoms with van der Waals surface area (Å²) in [5, 5.41) is 12.3. The van der Waals surface area contributed by atoms with Gasteiger partial charge in [0.25, 0.3) is 0 Å². The Kier molecular flexibility index (Phi) is 6.22. The van der Waals surface area contributed by atoms with Gasteiger partial charge < -0.3 is 14.3 Å². The molecule has 3 rings (SSSR count). The van der Waals surface area contributed by atoms with E-state index in [9.17, 15) is 9.50 Å². The van der Waals surface area contributed by atoms with Gasteiger partial charge in [0.2, 0.25) is 0 Å². The first-order valence-electron chi connectivity index (χ1n) is 8.03. The molecule has 4 nitrogen and oxygen atoms in total. The molecule has 0 spiro atoms. The molecule has 0 aliphatic carbocycles. The zero-order chi connectivity index (χ0) is 17.5. The number of hydrogen-bond acceptors (Lipinski definition) is 5. The molecule has 1 N–H and O–H groups in total. The summed E-state index contributed by atoms with van der Waals surface area (Å²) in [4.78, 5) is 3.29. The Hall–Kier alpha value is -2.15. The summed E-state index contributed by atoms with van der Waals surface area (Å²) in [6.07, 6.45) is 0.894. The van der Waals surface area contributed by atoms with Crippen LogP contribution in [0.15, 0.2) is 64.6 Å². The lowest BCUT2D eigenvalue weighted by Gasteiger charge is -2.24. The zero-order valence-corrected chi connectivity index (χ0v) is 14.5. The van der Waals surface area contributed by atoms with Gasteiger partial charge in [-0.25, -0.2) is 4.39 Å². The minimum Gasteiger partial charge on any atom is -0.488 e. The Bertz CT molecular complexity index is 710. The van der Waals surface area contributed by atoms with E-state index in [-0.39, 0.29) is 12.4 Å². The van der Waals surface area contributed by atoms with Gasteiger partial charge in [-0.2, -0.15) is 0 Å². The van der Waals surface area contributed by atoms with Crippen molar-refractivity contribution in [1.82, 2.24) is 4.90 Å². The van der Waals surface area contributed by atoms with Crippen molar-refractivity contribution in [1.29, 1.82) is 0 Å².